The highest BCUT2D eigenvalue weighted by Crippen LogP contribution is 2.18. The monoisotopic (exact) mass is 205 g/mol. The quantitative estimate of drug-likeness (QED) is 0.531. The van der Waals surface area contributed by atoms with Crippen molar-refractivity contribution < 1.29 is 9.53 Å². The van der Waals surface area contributed by atoms with E-state index in [1.807, 2.05) is 0 Å². The number of isocyanates is 1. The summed E-state index contributed by atoms with van der Waals surface area (Å²) in [5.41, 5.74) is 0.585. The maximum absolute atomic E-state index is 10.1. The Bertz CT molecular complexity index is 382. The van der Waals surface area contributed by atoms with E-state index in [1.165, 1.54) is 6.08 Å². The molecule has 0 amide bonds. The molecule has 5 nitrogen and oxygen atoms in total. The first-order chi connectivity index (χ1) is 7.40. The predicted molar refractivity (Wildman–Crippen MR) is 55.1 cm³/mol. The number of pyridine rings is 1. The van der Waals surface area contributed by atoms with Gasteiger partial charge in [0.15, 0.2) is 0 Å². The molecular weight excluding hydrogens is 194 g/mol. The molecule has 0 saturated carbocycles. The number of aromatic nitrogens is 1. The van der Waals surface area contributed by atoms with Gasteiger partial charge in [0, 0.05) is 25.4 Å². The highest BCUT2D eigenvalue weighted by molar-refractivity contribution is 5.54. The van der Waals surface area contributed by atoms with E-state index in [-0.39, 0.29) is 0 Å². The second-order valence-corrected chi connectivity index (χ2v) is 3.17. The van der Waals surface area contributed by atoms with E-state index in [4.69, 9.17) is 4.74 Å². The van der Waals surface area contributed by atoms with Crippen LogP contribution in [0, 0.1) is 0 Å². The molecule has 0 bridgehead atoms. The molecule has 1 aliphatic rings. The zero-order valence-corrected chi connectivity index (χ0v) is 8.22. The summed E-state index contributed by atoms with van der Waals surface area (Å²) in [6, 6.07) is 3.45. The third-order valence-electron chi connectivity index (χ3n) is 2.24. The first-order valence-corrected chi connectivity index (χ1v) is 4.77. The lowest BCUT2D eigenvalue weighted by molar-refractivity contribution is 0.122. The van der Waals surface area contributed by atoms with Gasteiger partial charge in [0.25, 0.3) is 0 Å². The van der Waals surface area contributed by atoms with Crippen molar-refractivity contribution in [3.8, 4) is 0 Å². The Morgan fingerprint density at radius 1 is 1.47 bits per heavy atom. The summed E-state index contributed by atoms with van der Waals surface area (Å²) in [6.07, 6.45) is 3.16. The molecule has 1 fully saturated rings. The molecule has 0 N–H and O–H groups in total. The summed E-state index contributed by atoms with van der Waals surface area (Å²) in [4.78, 5) is 20.0. The molecule has 0 atom stereocenters. The van der Waals surface area contributed by atoms with Crippen molar-refractivity contribution >= 4 is 17.6 Å². The van der Waals surface area contributed by atoms with E-state index in [1.54, 1.807) is 18.3 Å². The van der Waals surface area contributed by atoms with E-state index >= 15 is 0 Å². The van der Waals surface area contributed by atoms with Crippen molar-refractivity contribution in [3.05, 3.63) is 18.3 Å². The van der Waals surface area contributed by atoms with Crippen LogP contribution < -0.4 is 4.90 Å². The second kappa shape index (κ2) is 4.68. The fourth-order valence-electron chi connectivity index (χ4n) is 1.50. The van der Waals surface area contributed by atoms with Gasteiger partial charge in [-0.25, -0.2) is 9.78 Å². The second-order valence-electron chi connectivity index (χ2n) is 3.17. The number of hydrogen-bond donors (Lipinski definition) is 0. The Labute approximate surface area is 87.4 Å². The lowest BCUT2D eigenvalue weighted by Crippen LogP contribution is -2.36. The Balaban J connectivity index is 2.19. The van der Waals surface area contributed by atoms with E-state index in [0.717, 1.165) is 18.9 Å². The van der Waals surface area contributed by atoms with Gasteiger partial charge in [-0.2, -0.15) is 4.99 Å². The van der Waals surface area contributed by atoms with Crippen LogP contribution in [-0.4, -0.2) is 37.4 Å². The van der Waals surface area contributed by atoms with Crippen LogP contribution in [-0.2, 0) is 9.53 Å². The molecule has 1 aromatic heterocycles. The van der Waals surface area contributed by atoms with Crippen LogP contribution in [0.3, 0.4) is 0 Å². The van der Waals surface area contributed by atoms with Gasteiger partial charge in [-0.15, -0.1) is 0 Å². The molecule has 0 spiro atoms. The SMILES string of the molecule is O=C=Nc1ccnc(N2CCOCC2)c1. The van der Waals surface area contributed by atoms with Crippen molar-refractivity contribution in [1.82, 2.24) is 4.98 Å². The lowest BCUT2D eigenvalue weighted by atomic mass is 10.3. The molecule has 0 unspecified atom stereocenters. The van der Waals surface area contributed by atoms with E-state index in [0.29, 0.717) is 18.9 Å². The molecule has 1 saturated heterocycles. The van der Waals surface area contributed by atoms with Crippen LogP contribution in [0.15, 0.2) is 23.3 Å². The summed E-state index contributed by atoms with van der Waals surface area (Å²) in [6.45, 7) is 3.06. The van der Waals surface area contributed by atoms with Gasteiger partial charge >= 0.3 is 0 Å². The van der Waals surface area contributed by atoms with Crippen molar-refractivity contribution in [2.45, 2.75) is 0 Å². The van der Waals surface area contributed by atoms with E-state index in [2.05, 4.69) is 14.9 Å². The average molecular weight is 205 g/mol. The first kappa shape index (κ1) is 9.83. The number of aliphatic imine (C=N–C) groups is 1. The number of morpholine rings is 1. The van der Waals surface area contributed by atoms with Crippen molar-refractivity contribution in [2.75, 3.05) is 31.2 Å². The minimum absolute atomic E-state index is 0.585. The molecule has 1 aromatic rings. The topological polar surface area (TPSA) is 54.8 Å². The van der Waals surface area contributed by atoms with Crippen LogP contribution in [0.1, 0.15) is 0 Å². The van der Waals surface area contributed by atoms with Crippen LogP contribution >= 0.6 is 0 Å². The number of anilines is 1. The summed E-state index contributed by atoms with van der Waals surface area (Å²) in [5.74, 6) is 0.829. The number of hydrogen-bond acceptors (Lipinski definition) is 5. The van der Waals surface area contributed by atoms with Gasteiger partial charge in [-0.3, -0.25) is 0 Å². The van der Waals surface area contributed by atoms with Crippen molar-refractivity contribution in [3.63, 3.8) is 0 Å². The van der Waals surface area contributed by atoms with Crippen molar-refractivity contribution in [1.29, 1.82) is 0 Å². The van der Waals surface area contributed by atoms with E-state index < -0.39 is 0 Å². The van der Waals surface area contributed by atoms with Gasteiger partial charge in [0.2, 0.25) is 6.08 Å². The van der Waals surface area contributed by atoms with Crippen LogP contribution in [0.25, 0.3) is 0 Å². The fraction of sp³-hybridized carbons (Fsp3) is 0.400. The minimum Gasteiger partial charge on any atom is -0.378 e. The zero-order chi connectivity index (χ0) is 10.5. The molecule has 2 heterocycles. The Morgan fingerprint density at radius 3 is 3.00 bits per heavy atom. The minimum atomic E-state index is 0.585. The van der Waals surface area contributed by atoms with E-state index in [9.17, 15) is 4.79 Å². The number of ether oxygens (including phenoxy) is 1. The average Bonchev–Trinajstić information content (AvgIpc) is 2.31. The van der Waals surface area contributed by atoms with Gasteiger partial charge in [-0.05, 0) is 6.07 Å². The molecule has 0 radical (unpaired) electrons. The maximum atomic E-state index is 10.1. The standard InChI is InChI=1S/C10H11N3O2/c14-8-12-9-1-2-11-10(7-9)13-3-5-15-6-4-13/h1-2,7H,3-6H2. The first-order valence-electron chi connectivity index (χ1n) is 4.77. The smallest absolute Gasteiger partial charge is 0.240 e. The van der Waals surface area contributed by atoms with Crippen LogP contribution in [0.4, 0.5) is 11.5 Å². The third kappa shape index (κ3) is 2.40. The maximum Gasteiger partial charge on any atom is 0.240 e. The highest BCUT2D eigenvalue weighted by Gasteiger charge is 2.12. The molecule has 0 aromatic carbocycles. The fourth-order valence-corrected chi connectivity index (χ4v) is 1.50. The Morgan fingerprint density at radius 2 is 2.27 bits per heavy atom. The molecule has 1 aliphatic heterocycles. The molecule has 5 heteroatoms. The van der Waals surface area contributed by atoms with Crippen LogP contribution in [0.2, 0.25) is 0 Å². The van der Waals surface area contributed by atoms with Gasteiger partial charge in [-0.1, -0.05) is 0 Å². The number of rotatable bonds is 2. The number of nitrogens with zero attached hydrogens (tertiary/aromatic N) is 3. The molecule has 0 aliphatic carbocycles. The largest absolute Gasteiger partial charge is 0.378 e. The summed E-state index contributed by atoms with van der Waals surface area (Å²) >= 11 is 0. The zero-order valence-electron chi connectivity index (χ0n) is 8.22. The number of carbonyl (C=O) groups excluding carboxylic acids is 1. The normalized spacial score (nSPS) is 15.9. The summed E-state index contributed by atoms with van der Waals surface area (Å²) in [5, 5.41) is 0. The molecule has 2 rings (SSSR count). The molecule has 15 heavy (non-hydrogen) atoms. The third-order valence-corrected chi connectivity index (χ3v) is 2.24. The predicted octanol–water partition coefficient (Wildman–Crippen LogP) is 0.885. The van der Waals surface area contributed by atoms with Gasteiger partial charge in [0.1, 0.15) is 5.82 Å². The molecular formula is C10H11N3O2. The molecule has 78 valence electrons. The highest BCUT2D eigenvalue weighted by atomic mass is 16.5. The lowest BCUT2D eigenvalue weighted by Gasteiger charge is -2.27. The van der Waals surface area contributed by atoms with Crippen LogP contribution in [0.5, 0.6) is 0 Å². The van der Waals surface area contributed by atoms with Crippen molar-refractivity contribution in [2.24, 2.45) is 4.99 Å². The summed E-state index contributed by atoms with van der Waals surface area (Å²) < 4.78 is 5.24. The van der Waals surface area contributed by atoms with Gasteiger partial charge < -0.3 is 9.64 Å². The van der Waals surface area contributed by atoms with Gasteiger partial charge in [0.05, 0.1) is 18.9 Å². The summed E-state index contributed by atoms with van der Waals surface area (Å²) in [7, 11) is 0. The Hall–Kier alpha value is -1.71. The Kier molecular flexibility index (Phi) is 3.07.